The summed E-state index contributed by atoms with van der Waals surface area (Å²) in [5.74, 6) is 0.157. The topological polar surface area (TPSA) is 79.8 Å². The number of hydrogen-bond donors (Lipinski definition) is 2. The van der Waals surface area contributed by atoms with Gasteiger partial charge >= 0.3 is 0 Å². The first-order valence-electron chi connectivity index (χ1n) is 9.06. The third kappa shape index (κ3) is 3.81. The predicted octanol–water partition coefficient (Wildman–Crippen LogP) is 4.58. The van der Waals surface area contributed by atoms with Crippen LogP contribution in [0.25, 0.3) is 10.9 Å². The molecule has 0 bridgehead atoms. The van der Waals surface area contributed by atoms with Crippen LogP contribution in [0.3, 0.4) is 0 Å². The molecule has 0 saturated carbocycles. The number of para-hydroxylation sites is 1. The lowest BCUT2D eigenvalue weighted by molar-refractivity contribution is 0.102. The van der Waals surface area contributed by atoms with E-state index in [0.717, 1.165) is 28.7 Å². The summed E-state index contributed by atoms with van der Waals surface area (Å²) in [5.41, 5.74) is 4.00. The second kappa shape index (κ2) is 7.84. The number of carbonyl (C=O) groups is 1. The van der Waals surface area contributed by atoms with Gasteiger partial charge in [0.25, 0.3) is 5.91 Å². The van der Waals surface area contributed by atoms with Crippen LogP contribution in [0.15, 0.2) is 73.2 Å². The smallest absolute Gasteiger partial charge is 0.258 e. The first-order valence-corrected chi connectivity index (χ1v) is 9.06. The molecule has 2 aromatic heterocycles. The Morgan fingerprint density at radius 1 is 0.929 bits per heavy atom. The van der Waals surface area contributed by atoms with E-state index >= 15 is 0 Å². The molecule has 0 saturated heterocycles. The van der Waals surface area contributed by atoms with Crippen molar-refractivity contribution in [2.45, 2.75) is 13.3 Å². The Bertz CT molecular complexity index is 1100. The van der Waals surface area contributed by atoms with Gasteiger partial charge in [0.05, 0.1) is 16.8 Å². The number of hydrogen-bond acceptors (Lipinski definition) is 5. The molecule has 0 unspecified atom stereocenters. The van der Waals surface area contributed by atoms with Gasteiger partial charge in [-0.1, -0.05) is 37.3 Å². The molecule has 0 aliphatic rings. The van der Waals surface area contributed by atoms with Crippen molar-refractivity contribution in [3.05, 3.63) is 84.3 Å². The third-order valence-corrected chi connectivity index (χ3v) is 4.41. The highest BCUT2D eigenvalue weighted by molar-refractivity contribution is 6.04. The number of rotatable bonds is 5. The number of amides is 1. The summed E-state index contributed by atoms with van der Waals surface area (Å²) < 4.78 is 0. The molecule has 2 aromatic carbocycles. The van der Waals surface area contributed by atoms with Crippen LogP contribution >= 0.6 is 0 Å². The maximum Gasteiger partial charge on any atom is 0.258 e. The molecule has 0 atom stereocenters. The molecule has 2 heterocycles. The van der Waals surface area contributed by atoms with E-state index in [9.17, 15) is 4.79 Å². The number of nitrogens with one attached hydrogen (secondary N) is 2. The third-order valence-electron chi connectivity index (χ3n) is 4.41. The van der Waals surface area contributed by atoms with E-state index in [0.29, 0.717) is 11.5 Å². The highest BCUT2D eigenvalue weighted by atomic mass is 16.1. The van der Waals surface area contributed by atoms with Gasteiger partial charge in [0.1, 0.15) is 0 Å². The standard InChI is InChI=1S/C22H19N5O/c1-2-15-8-10-18(11-9-15)26-21(28)17-13-24-22(25-14-17)27-19-7-3-5-16-6-4-12-23-20(16)19/h3-14H,2H2,1H3,(H,26,28)(H,24,25,27). The minimum atomic E-state index is -0.248. The number of aryl methyl sites for hydroxylation is 1. The van der Waals surface area contributed by atoms with Crippen molar-refractivity contribution in [1.29, 1.82) is 0 Å². The van der Waals surface area contributed by atoms with Crippen LogP contribution in [0.2, 0.25) is 0 Å². The highest BCUT2D eigenvalue weighted by Gasteiger charge is 2.09. The number of anilines is 3. The van der Waals surface area contributed by atoms with E-state index in [2.05, 4.69) is 32.5 Å². The lowest BCUT2D eigenvalue weighted by Crippen LogP contribution is -2.13. The van der Waals surface area contributed by atoms with E-state index in [1.54, 1.807) is 6.20 Å². The maximum atomic E-state index is 12.4. The summed E-state index contributed by atoms with van der Waals surface area (Å²) in [7, 11) is 0. The molecule has 0 aliphatic carbocycles. The predicted molar refractivity (Wildman–Crippen MR) is 111 cm³/mol. The van der Waals surface area contributed by atoms with Gasteiger partial charge in [-0.25, -0.2) is 9.97 Å². The molecule has 0 aliphatic heterocycles. The molecule has 6 heteroatoms. The summed E-state index contributed by atoms with van der Waals surface area (Å²) in [5, 5.41) is 7.04. The van der Waals surface area contributed by atoms with Gasteiger partial charge in [-0.15, -0.1) is 0 Å². The highest BCUT2D eigenvalue weighted by Crippen LogP contribution is 2.23. The van der Waals surface area contributed by atoms with Crippen LogP contribution in [0.5, 0.6) is 0 Å². The Hall–Kier alpha value is -3.80. The molecule has 0 fully saturated rings. The molecule has 138 valence electrons. The zero-order chi connectivity index (χ0) is 19.3. The summed E-state index contributed by atoms with van der Waals surface area (Å²) in [4.78, 5) is 25.3. The maximum absolute atomic E-state index is 12.4. The molecule has 28 heavy (non-hydrogen) atoms. The van der Waals surface area contributed by atoms with Crippen LogP contribution in [-0.2, 0) is 6.42 Å². The van der Waals surface area contributed by atoms with Gasteiger partial charge < -0.3 is 10.6 Å². The van der Waals surface area contributed by atoms with Crippen LogP contribution in [-0.4, -0.2) is 20.9 Å². The fourth-order valence-corrected chi connectivity index (χ4v) is 2.86. The van der Waals surface area contributed by atoms with Crippen molar-refractivity contribution in [2.24, 2.45) is 0 Å². The zero-order valence-corrected chi connectivity index (χ0v) is 15.4. The molecule has 0 radical (unpaired) electrons. The number of fused-ring (bicyclic) bond motifs is 1. The second-order valence-corrected chi connectivity index (χ2v) is 6.31. The van der Waals surface area contributed by atoms with Crippen LogP contribution in [0, 0.1) is 0 Å². The monoisotopic (exact) mass is 369 g/mol. The molecule has 6 nitrogen and oxygen atoms in total. The molecular formula is C22H19N5O. The largest absolute Gasteiger partial charge is 0.322 e. The van der Waals surface area contributed by atoms with Crippen LogP contribution in [0.1, 0.15) is 22.8 Å². The van der Waals surface area contributed by atoms with Gasteiger partial charge in [0.2, 0.25) is 5.95 Å². The Balaban J connectivity index is 1.47. The first kappa shape index (κ1) is 17.6. The number of aromatic nitrogens is 3. The van der Waals surface area contributed by atoms with Gasteiger partial charge in [-0.3, -0.25) is 9.78 Å². The van der Waals surface area contributed by atoms with Gasteiger partial charge in [-0.05, 0) is 36.2 Å². The Morgan fingerprint density at radius 2 is 1.68 bits per heavy atom. The van der Waals surface area contributed by atoms with E-state index < -0.39 is 0 Å². The van der Waals surface area contributed by atoms with Crippen LogP contribution < -0.4 is 10.6 Å². The van der Waals surface area contributed by atoms with Crippen molar-refractivity contribution < 1.29 is 4.79 Å². The average Bonchev–Trinajstić information content (AvgIpc) is 2.75. The van der Waals surface area contributed by atoms with E-state index in [1.165, 1.54) is 18.0 Å². The number of benzene rings is 2. The summed E-state index contributed by atoms with van der Waals surface area (Å²) >= 11 is 0. The fraction of sp³-hybridized carbons (Fsp3) is 0.0909. The summed E-state index contributed by atoms with van der Waals surface area (Å²) in [6.07, 6.45) is 5.71. The lowest BCUT2D eigenvalue weighted by atomic mass is 10.1. The Labute approximate surface area is 162 Å². The quantitative estimate of drug-likeness (QED) is 0.538. The first-order chi connectivity index (χ1) is 13.7. The number of nitrogens with zero attached hydrogens (tertiary/aromatic N) is 3. The normalized spacial score (nSPS) is 10.6. The molecule has 1 amide bonds. The minimum absolute atomic E-state index is 0.248. The van der Waals surface area contributed by atoms with Crippen molar-refractivity contribution in [3.63, 3.8) is 0 Å². The zero-order valence-electron chi connectivity index (χ0n) is 15.4. The average molecular weight is 369 g/mol. The van der Waals surface area contributed by atoms with Crippen molar-refractivity contribution in [1.82, 2.24) is 15.0 Å². The van der Waals surface area contributed by atoms with Crippen molar-refractivity contribution in [3.8, 4) is 0 Å². The minimum Gasteiger partial charge on any atom is -0.322 e. The van der Waals surface area contributed by atoms with Gasteiger partial charge in [0, 0.05) is 29.7 Å². The SMILES string of the molecule is CCc1ccc(NC(=O)c2cnc(Nc3cccc4cccnc34)nc2)cc1. The molecule has 4 rings (SSSR count). The Kier molecular flexibility index (Phi) is 4.93. The lowest BCUT2D eigenvalue weighted by Gasteiger charge is -2.09. The van der Waals surface area contributed by atoms with Crippen LogP contribution in [0.4, 0.5) is 17.3 Å². The van der Waals surface area contributed by atoms with Gasteiger partial charge in [-0.2, -0.15) is 0 Å². The van der Waals surface area contributed by atoms with Crippen molar-refractivity contribution >= 4 is 34.1 Å². The molecule has 0 spiro atoms. The van der Waals surface area contributed by atoms with Crippen molar-refractivity contribution in [2.75, 3.05) is 10.6 Å². The summed E-state index contributed by atoms with van der Waals surface area (Å²) in [6.45, 7) is 2.09. The fourth-order valence-electron chi connectivity index (χ4n) is 2.86. The number of pyridine rings is 1. The number of carbonyl (C=O) groups excluding carboxylic acids is 1. The summed E-state index contributed by atoms with van der Waals surface area (Å²) in [6, 6.07) is 17.5. The van der Waals surface area contributed by atoms with Gasteiger partial charge in [0.15, 0.2) is 0 Å². The van der Waals surface area contributed by atoms with E-state index in [-0.39, 0.29) is 5.91 Å². The second-order valence-electron chi connectivity index (χ2n) is 6.31. The van der Waals surface area contributed by atoms with E-state index in [4.69, 9.17) is 0 Å². The Morgan fingerprint density at radius 3 is 2.43 bits per heavy atom. The molecule has 4 aromatic rings. The molecular weight excluding hydrogens is 350 g/mol. The molecule has 2 N–H and O–H groups in total. The van der Waals surface area contributed by atoms with E-state index in [1.807, 2.05) is 54.6 Å².